The van der Waals surface area contributed by atoms with Crippen molar-refractivity contribution in [1.82, 2.24) is 0 Å². The summed E-state index contributed by atoms with van der Waals surface area (Å²) in [6, 6.07) is 14.3. The van der Waals surface area contributed by atoms with E-state index in [0.717, 1.165) is 5.56 Å². The molecule has 2 aromatic carbocycles. The van der Waals surface area contributed by atoms with Crippen LogP contribution in [-0.2, 0) is 17.0 Å². The maximum atomic E-state index is 11.3. The molecule has 5 heteroatoms. The van der Waals surface area contributed by atoms with Crippen LogP contribution < -0.4 is 14.6 Å². The van der Waals surface area contributed by atoms with Gasteiger partial charge in [-0.05, 0) is 36.6 Å². The zero-order valence-electron chi connectivity index (χ0n) is 13.8. The van der Waals surface area contributed by atoms with Crippen LogP contribution in [0, 0.1) is 0 Å². The van der Waals surface area contributed by atoms with Crippen molar-refractivity contribution in [1.29, 1.82) is 0 Å². The second kappa shape index (κ2) is 7.84. The Balaban J connectivity index is 2.28. The van der Waals surface area contributed by atoms with Crippen LogP contribution in [0.4, 0.5) is 0 Å². The molecule has 0 saturated heterocycles. The highest BCUT2D eigenvalue weighted by Gasteiger charge is 2.30. The third-order valence-electron chi connectivity index (χ3n) is 3.81. The standard InChI is InChI=1S/C19H22O5/c1-3-19(22,18(20)21)15-10-11-16(17(12-15)23-4-2)24-13-14-8-6-5-7-9-14/h5-12,22H,3-4,13H2,1-2H3,(H,20,21)/p-1. The summed E-state index contributed by atoms with van der Waals surface area (Å²) in [5, 5.41) is 21.6. The Morgan fingerprint density at radius 3 is 2.38 bits per heavy atom. The van der Waals surface area contributed by atoms with Gasteiger partial charge in [-0.1, -0.05) is 43.3 Å². The Kier molecular flexibility index (Phi) is 5.82. The molecule has 0 spiro atoms. The summed E-state index contributed by atoms with van der Waals surface area (Å²) >= 11 is 0. The van der Waals surface area contributed by atoms with Crippen LogP contribution in [-0.4, -0.2) is 17.7 Å². The van der Waals surface area contributed by atoms with Gasteiger partial charge in [0, 0.05) is 0 Å². The highest BCUT2D eigenvalue weighted by molar-refractivity contribution is 5.77. The predicted octanol–water partition coefficient (Wildman–Crippen LogP) is 2.01. The van der Waals surface area contributed by atoms with E-state index >= 15 is 0 Å². The van der Waals surface area contributed by atoms with Crippen molar-refractivity contribution in [3.05, 3.63) is 59.7 Å². The molecule has 0 fully saturated rings. The number of aliphatic hydroxyl groups is 1. The third kappa shape index (κ3) is 3.86. The molecule has 0 saturated carbocycles. The van der Waals surface area contributed by atoms with Crippen LogP contribution in [0.5, 0.6) is 11.5 Å². The second-order valence-corrected chi connectivity index (χ2v) is 5.37. The van der Waals surface area contributed by atoms with Gasteiger partial charge in [0.15, 0.2) is 11.5 Å². The molecule has 1 atom stereocenters. The molecule has 0 aliphatic rings. The lowest BCUT2D eigenvalue weighted by molar-refractivity contribution is -0.326. The molecule has 0 bridgehead atoms. The van der Waals surface area contributed by atoms with E-state index in [4.69, 9.17) is 9.47 Å². The summed E-state index contributed by atoms with van der Waals surface area (Å²) in [6.45, 7) is 4.15. The number of benzene rings is 2. The van der Waals surface area contributed by atoms with Crippen LogP contribution in [0.25, 0.3) is 0 Å². The van der Waals surface area contributed by atoms with Gasteiger partial charge in [-0.25, -0.2) is 0 Å². The van der Waals surface area contributed by atoms with Gasteiger partial charge >= 0.3 is 0 Å². The number of aliphatic carboxylic acids is 1. The van der Waals surface area contributed by atoms with E-state index in [1.807, 2.05) is 37.3 Å². The average molecular weight is 329 g/mol. The van der Waals surface area contributed by atoms with Crippen molar-refractivity contribution >= 4 is 5.97 Å². The first-order chi connectivity index (χ1) is 11.5. The topological polar surface area (TPSA) is 78.8 Å². The SMILES string of the molecule is CCOc1cc(C(O)(CC)C(=O)[O-])ccc1OCc1ccccc1. The number of hydrogen-bond acceptors (Lipinski definition) is 5. The summed E-state index contributed by atoms with van der Waals surface area (Å²) in [5.74, 6) is -0.661. The molecular formula is C19H21O5-. The second-order valence-electron chi connectivity index (χ2n) is 5.37. The Morgan fingerprint density at radius 2 is 1.79 bits per heavy atom. The lowest BCUT2D eigenvalue weighted by atomic mass is 9.91. The Bertz CT molecular complexity index is 683. The minimum Gasteiger partial charge on any atom is -0.547 e. The molecule has 0 aromatic heterocycles. The Hall–Kier alpha value is -2.53. The highest BCUT2D eigenvalue weighted by atomic mass is 16.5. The van der Waals surface area contributed by atoms with Crippen LogP contribution in [0.2, 0.25) is 0 Å². The first kappa shape index (κ1) is 17.8. The average Bonchev–Trinajstić information content (AvgIpc) is 2.60. The van der Waals surface area contributed by atoms with Gasteiger partial charge in [0.1, 0.15) is 12.2 Å². The molecule has 0 aliphatic heterocycles. The van der Waals surface area contributed by atoms with Gasteiger partial charge in [-0.3, -0.25) is 0 Å². The smallest absolute Gasteiger partial charge is 0.161 e. The Morgan fingerprint density at radius 1 is 1.08 bits per heavy atom. The number of hydrogen-bond donors (Lipinski definition) is 1. The molecule has 0 aliphatic carbocycles. The third-order valence-corrected chi connectivity index (χ3v) is 3.81. The minimum absolute atomic E-state index is 0.00881. The summed E-state index contributed by atoms with van der Waals surface area (Å²) in [4.78, 5) is 11.3. The molecule has 24 heavy (non-hydrogen) atoms. The molecule has 5 nitrogen and oxygen atoms in total. The summed E-state index contributed by atoms with van der Waals surface area (Å²) in [6.07, 6.45) is -0.00881. The Labute approximate surface area is 141 Å². The van der Waals surface area contributed by atoms with Gasteiger partial charge in [-0.15, -0.1) is 0 Å². The largest absolute Gasteiger partial charge is 0.547 e. The summed E-state index contributed by atoms with van der Waals surface area (Å²) in [7, 11) is 0. The van der Waals surface area contributed by atoms with E-state index in [-0.39, 0.29) is 12.0 Å². The first-order valence-corrected chi connectivity index (χ1v) is 7.89. The van der Waals surface area contributed by atoms with Crippen molar-refractivity contribution in [2.24, 2.45) is 0 Å². The molecule has 1 unspecified atom stereocenters. The number of carboxylic acid groups (broad SMARTS) is 1. The fraction of sp³-hybridized carbons (Fsp3) is 0.316. The van der Waals surface area contributed by atoms with Crippen LogP contribution in [0.1, 0.15) is 31.4 Å². The molecule has 2 rings (SSSR count). The minimum atomic E-state index is -2.05. The molecular weight excluding hydrogens is 308 g/mol. The van der Waals surface area contributed by atoms with Gasteiger partial charge in [-0.2, -0.15) is 0 Å². The highest BCUT2D eigenvalue weighted by Crippen LogP contribution is 2.34. The number of ether oxygens (including phenoxy) is 2. The van der Waals surface area contributed by atoms with Crippen LogP contribution in [0.3, 0.4) is 0 Å². The van der Waals surface area contributed by atoms with E-state index in [2.05, 4.69) is 0 Å². The van der Waals surface area contributed by atoms with E-state index in [0.29, 0.717) is 24.7 Å². The number of carbonyl (C=O) groups is 1. The van der Waals surface area contributed by atoms with Crippen molar-refractivity contribution in [2.75, 3.05) is 6.61 Å². The zero-order valence-corrected chi connectivity index (χ0v) is 13.8. The molecule has 1 N–H and O–H groups in total. The zero-order chi connectivity index (χ0) is 17.6. The maximum absolute atomic E-state index is 11.3. The molecule has 0 heterocycles. The predicted molar refractivity (Wildman–Crippen MR) is 87.6 cm³/mol. The summed E-state index contributed by atoms with van der Waals surface area (Å²) in [5.41, 5.74) is -0.839. The van der Waals surface area contributed by atoms with Crippen molar-refractivity contribution in [2.45, 2.75) is 32.5 Å². The van der Waals surface area contributed by atoms with Gasteiger partial charge in [0.2, 0.25) is 0 Å². The van der Waals surface area contributed by atoms with Crippen molar-refractivity contribution in [3.63, 3.8) is 0 Å². The van der Waals surface area contributed by atoms with Gasteiger partial charge in [0.25, 0.3) is 0 Å². The van der Waals surface area contributed by atoms with E-state index < -0.39 is 11.6 Å². The van der Waals surface area contributed by atoms with Crippen LogP contribution in [0.15, 0.2) is 48.5 Å². The number of carbonyl (C=O) groups excluding carboxylic acids is 1. The van der Waals surface area contributed by atoms with E-state index in [1.54, 1.807) is 13.0 Å². The number of rotatable bonds is 8. The monoisotopic (exact) mass is 329 g/mol. The maximum Gasteiger partial charge on any atom is 0.161 e. The van der Waals surface area contributed by atoms with Crippen molar-refractivity contribution in [3.8, 4) is 11.5 Å². The lowest BCUT2D eigenvalue weighted by Gasteiger charge is -2.29. The lowest BCUT2D eigenvalue weighted by Crippen LogP contribution is -2.45. The summed E-state index contributed by atoms with van der Waals surface area (Å²) < 4.78 is 11.3. The van der Waals surface area contributed by atoms with Crippen LogP contribution >= 0.6 is 0 Å². The fourth-order valence-corrected chi connectivity index (χ4v) is 2.35. The number of carboxylic acids is 1. The first-order valence-electron chi connectivity index (χ1n) is 7.89. The molecule has 0 radical (unpaired) electrons. The fourth-order valence-electron chi connectivity index (χ4n) is 2.35. The molecule has 128 valence electrons. The molecule has 0 amide bonds. The normalized spacial score (nSPS) is 13.1. The van der Waals surface area contributed by atoms with Gasteiger partial charge < -0.3 is 24.5 Å². The van der Waals surface area contributed by atoms with E-state index in [9.17, 15) is 15.0 Å². The molecule has 2 aromatic rings. The van der Waals surface area contributed by atoms with E-state index in [1.165, 1.54) is 12.1 Å². The van der Waals surface area contributed by atoms with Gasteiger partial charge in [0.05, 0.1) is 12.6 Å². The van der Waals surface area contributed by atoms with Crippen molar-refractivity contribution < 1.29 is 24.5 Å². The quantitative estimate of drug-likeness (QED) is 0.801.